The molecule has 1 atom stereocenters. The van der Waals surface area contributed by atoms with Crippen molar-refractivity contribution in [2.75, 3.05) is 13.1 Å². The maximum absolute atomic E-state index is 6.02. The van der Waals surface area contributed by atoms with Crippen LogP contribution in [-0.2, 0) is 6.54 Å². The number of aromatic nitrogens is 2. The molecule has 0 bridgehead atoms. The molecule has 2 heterocycles. The van der Waals surface area contributed by atoms with E-state index in [0.29, 0.717) is 6.04 Å². The van der Waals surface area contributed by atoms with Crippen molar-refractivity contribution in [3.05, 3.63) is 48.5 Å². The average molecular weight is 256 g/mol. The molecule has 2 N–H and O–H groups in total. The van der Waals surface area contributed by atoms with Crippen LogP contribution in [0.2, 0.25) is 0 Å². The molecule has 1 aliphatic rings. The SMILES string of the molecule is N[C@@H]1CCCN(Cc2ccc(-n3ccnc3)cc2)C1. The largest absolute Gasteiger partial charge is 0.327 e. The predicted molar refractivity (Wildman–Crippen MR) is 76.1 cm³/mol. The van der Waals surface area contributed by atoms with Crippen molar-refractivity contribution in [2.45, 2.75) is 25.4 Å². The Kier molecular flexibility index (Phi) is 3.62. The highest BCUT2D eigenvalue weighted by atomic mass is 15.1. The number of benzene rings is 1. The van der Waals surface area contributed by atoms with Crippen molar-refractivity contribution in [1.29, 1.82) is 0 Å². The Morgan fingerprint density at radius 2 is 2.11 bits per heavy atom. The number of piperidine rings is 1. The molecule has 0 amide bonds. The molecule has 0 radical (unpaired) electrons. The highest BCUT2D eigenvalue weighted by Gasteiger charge is 2.16. The first kappa shape index (κ1) is 12.4. The highest BCUT2D eigenvalue weighted by Crippen LogP contribution is 2.14. The van der Waals surface area contributed by atoms with Crippen LogP contribution >= 0.6 is 0 Å². The molecule has 1 fully saturated rings. The van der Waals surface area contributed by atoms with E-state index in [4.69, 9.17) is 5.73 Å². The summed E-state index contributed by atoms with van der Waals surface area (Å²) in [5.41, 5.74) is 8.51. The summed E-state index contributed by atoms with van der Waals surface area (Å²) in [7, 11) is 0. The first-order valence-electron chi connectivity index (χ1n) is 6.86. The Balaban J connectivity index is 1.66. The average Bonchev–Trinajstić information content (AvgIpc) is 2.94. The van der Waals surface area contributed by atoms with E-state index in [-0.39, 0.29) is 0 Å². The summed E-state index contributed by atoms with van der Waals surface area (Å²) in [6.45, 7) is 3.18. The van der Waals surface area contributed by atoms with Crippen molar-refractivity contribution in [1.82, 2.24) is 14.5 Å². The lowest BCUT2D eigenvalue weighted by molar-refractivity contribution is 0.201. The summed E-state index contributed by atoms with van der Waals surface area (Å²) in [4.78, 5) is 6.51. The zero-order valence-corrected chi connectivity index (χ0v) is 11.1. The molecule has 0 unspecified atom stereocenters. The van der Waals surface area contributed by atoms with E-state index in [1.54, 1.807) is 6.20 Å². The number of hydrogen-bond acceptors (Lipinski definition) is 3. The second-order valence-electron chi connectivity index (χ2n) is 5.27. The summed E-state index contributed by atoms with van der Waals surface area (Å²) >= 11 is 0. The van der Waals surface area contributed by atoms with Crippen LogP contribution in [0.25, 0.3) is 5.69 Å². The van der Waals surface area contributed by atoms with Gasteiger partial charge in [-0.3, -0.25) is 4.90 Å². The first-order chi connectivity index (χ1) is 9.31. The lowest BCUT2D eigenvalue weighted by Gasteiger charge is -2.30. The molecule has 1 aromatic carbocycles. The molecular formula is C15H20N4. The van der Waals surface area contributed by atoms with Gasteiger partial charge in [-0.2, -0.15) is 0 Å². The molecule has 2 aromatic rings. The monoisotopic (exact) mass is 256 g/mol. The van der Waals surface area contributed by atoms with Crippen molar-refractivity contribution in [3.8, 4) is 5.69 Å². The predicted octanol–water partition coefficient (Wildman–Crippen LogP) is 1.80. The van der Waals surface area contributed by atoms with Gasteiger partial charge in [-0.1, -0.05) is 12.1 Å². The highest BCUT2D eigenvalue weighted by molar-refractivity contribution is 5.34. The molecular weight excluding hydrogens is 236 g/mol. The number of rotatable bonds is 3. The van der Waals surface area contributed by atoms with Crippen molar-refractivity contribution in [3.63, 3.8) is 0 Å². The molecule has 0 aliphatic carbocycles. The maximum atomic E-state index is 6.02. The van der Waals surface area contributed by atoms with Gasteiger partial charge in [0.2, 0.25) is 0 Å². The van der Waals surface area contributed by atoms with Crippen LogP contribution in [0.3, 0.4) is 0 Å². The first-order valence-corrected chi connectivity index (χ1v) is 6.86. The van der Waals surface area contributed by atoms with Gasteiger partial charge in [-0.15, -0.1) is 0 Å². The van der Waals surface area contributed by atoms with Gasteiger partial charge in [0.1, 0.15) is 0 Å². The Bertz CT molecular complexity index is 503. The molecule has 4 nitrogen and oxygen atoms in total. The van der Waals surface area contributed by atoms with E-state index in [2.05, 4.69) is 34.1 Å². The van der Waals surface area contributed by atoms with Gasteiger partial charge in [0, 0.05) is 37.2 Å². The molecule has 4 heteroatoms. The second kappa shape index (κ2) is 5.55. The molecule has 0 spiro atoms. The van der Waals surface area contributed by atoms with E-state index < -0.39 is 0 Å². The fourth-order valence-corrected chi connectivity index (χ4v) is 2.68. The van der Waals surface area contributed by atoms with Gasteiger partial charge in [0.15, 0.2) is 0 Å². The Morgan fingerprint density at radius 3 is 2.79 bits per heavy atom. The summed E-state index contributed by atoms with van der Waals surface area (Å²) < 4.78 is 2.01. The third-order valence-corrected chi connectivity index (χ3v) is 3.69. The van der Waals surface area contributed by atoms with Crippen LogP contribution in [0.1, 0.15) is 18.4 Å². The lowest BCUT2D eigenvalue weighted by Crippen LogP contribution is -2.42. The van der Waals surface area contributed by atoms with Gasteiger partial charge in [0.05, 0.1) is 6.33 Å². The Labute approximate surface area is 113 Å². The molecule has 3 rings (SSSR count). The molecule has 1 aliphatic heterocycles. The van der Waals surface area contributed by atoms with Crippen LogP contribution < -0.4 is 5.73 Å². The Morgan fingerprint density at radius 1 is 1.26 bits per heavy atom. The summed E-state index contributed by atoms with van der Waals surface area (Å²) in [5, 5.41) is 0. The van der Waals surface area contributed by atoms with Gasteiger partial charge in [0.25, 0.3) is 0 Å². The van der Waals surface area contributed by atoms with Crippen molar-refractivity contribution in [2.24, 2.45) is 5.73 Å². The summed E-state index contributed by atoms with van der Waals surface area (Å²) in [5.74, 6) is 0. The lowest BCUT2D eigenvalue weighted by atomic mass is 10.1. The standard InChI is InChI=1S/C15H20N4/c16-14-2-1-8-18(11-14)10-13-3-5-15(6-4-13)19-9-7-17-12-19/h3-7,9,12,14H,1-2,8,10-11,16H2/t14-/m1/s1. The Hall–Kier alpha value is -1.65. The van der Waals surface area contributed by atoms with E-state index in [1.807, 2.05) is 17.1 Å². The van der Waals surface area contributed by atoms with Crippen LogP contribution in [-0.4, -0.2) is 33.6 Å². The normalized spacial score (nSPS) is 20.6. The number of nitrogens with zero attached hydrogens (tertiary/aromatic N) is 3. The van der Waals surface area contributed by atoms with E-state index in [1.165, 1.54) is 12.0 Å². The zero-order chi connectivity index (χ0) is 13.1. The van der Waals surface area contributed by atoms with E-state index in [0.717, 1.165) is 31.7 Å². The van der Waals surface area contributed by atoms with Crippen LogP contribution in [0.5, 0.6) is 0 Å². The van der Waals surface area contributed by atoms with E-state index >= 15 is 0 Å². The molecule has 1 saturated heterocycles. The fourth-order valence-electron chi connectivity index (χ4n) is 2.68. The maximum Gasteiger partial charge on any atom is 0.0991 e. The minimum atomic E-state index is 0.346. The summed E-state index contributed by atoms with van der Waals surface area (Å²) in [6.07, 6.45) is 7.95. The van der Waals surface area contributed by atoms with Gasteiger partial charge in [-0.25, -0.2) is 4.98 Å². The van der Waals surface area contributed by atoms with Crippen LogP contribution in [0.4, 0.5) is 0 Å². The number of imidazole rings is 1. The molecule has 1 aromatic heterocycles. The topological polar surface area (TPSA) is 47.1 Å². The van der Waals surface area contributed by atoms with Crippen LogP contribution in [0.15, 0.2) is 43.0 Å². The number of hydrogen-bond donors (Lipinski definition) is 1. The fraction of sp³-hybridized carbons (Fsp3) is 0.400. The van der Waals surface area contributed by atoms with Crippen molar-refractivity contribution >= 4 is 0 Å². The number of nitrogens with two attached hydrogens (primary N) is 1. The molecule has 100 valence electrons. The summed E-state index contributed by atoms with van der Waals surface area (Å²) in [6, 6.07) is 9.01. The quantitative estimate of drug-likeness (QED) is 0.911. The zero-order valence-electron chi connectivity index (χ0n) is 11.1. The minimum Gasteiger partial charge on any atom is -0.327 e. The van der Waals surface area contributed by atoms with Gasteiger partial charge < -0.3 is 10.3 Å². The van der Waals surface area contributed by atoms with E-state index in [9.17, 15) is 0 Å². The van der Waals surface area contributed by atoms with Crippen molar-refractivity contribution < 1.29 is 0 Å². The molecule has 19 heavy (non-hydrogen) atoms. The molecule has 0 saturated carbocycles. The number of likely N-dealkylation sites (tertiary alicyclic amines) is 1. The smallest absolute Gasteiger partial charge is 0.0991 e. The minimum absolute atomic E-state index is 0.346. The van der Waals surface area contributed by atoms with Gasteiger partial charge >= 0.3 is 0 Å². The van der Waals surface area contributed by atoms with Crippen LogP contribution in [0, 0.1) is 0 Å². The third kappa shape index (κ3) is 3.03. The van der Waals surface area contributed by atoms with Gasteiger partial charge in [-0.05, 0) is 37.1 Å². The third-order valence-electron chi connectivity index (χ3n) is 3.69. The second-order valence-corrected chi connectivity index (χ2v) is 5.27.